The maximum Gasteiger partial charge on any atom is 0.120 e. The minimum Gasteiger partial charge on any atom is -0.491 e. The zero-order chi connectivity index (χ0) is 14.7. The molecular formula is C18H26O2. The first-order valence-electron chi connectivity index (χ1n) is 7.57. The van der Waals surface area contributed by atoms with Crippen LogP contribution < -0.4 is 4.74 Å². The van der Waals surface area contributed by atoms with Crippen molar-refractivity contribution in [1.29, 1.82) is 0 Å². The van der Waals surface area contributed by atoms with Crippen LogP contribution in [0.15, 0.2) is 35.9 Å². The van der Waals surface area contributed by atoms with Crippen molar-refractivity contribution >= 4 is 0 Å². The van der Waals surface area contributed by atoms with Gasteiger partial charge in [-0.2, -0.15) is 0 Å². The Morgan fingerprint density at radius 1 is 1.30 bits per heavy atom. The number of benzene rings is 1. The van der Waals surface area contributed by atoms with Crippen LogP contribution in [0.2, 0.25) is 0 Å². The van der Waals surface area contributed by atoms with Crippen molar-refractivity contribution < 1.29 is 9.84 Å². The molecule has 3 unspecified atom stereocenters. The molecule has 0 amide bonds. The Morgan fingerprint density at radius 2 is 2.05 bits per heavy atom. The van der Waals surface area contributed by atoms with Gasteiger partial charge >= 0.3 is 0 Å². The summed E-state index contributed by atoms with van der Waals surface area (Å²) in [7, 11) is 0. The molecule has 110 valence electrons. The van der Waals surface area contributed by atoms with Crippen molar-refractivity contribution in [3.05, 3.63) is 41.5 Å². The highest BCUT2D eigenvalue weighted by Crippen LogP contribution is 2.37. The number of aliphatic hydroxyl groups excluding tert-OH is 1. The van der Waals surface area contributed by atoms with Gasteiger partial charge < -0.3 is 9.84 Å². The molecule has 0 radical (unpaired) electrons. The zero-order valence-electron chi connectivity index (χ0n) is 13.0. The molecule has 0 aromatic heterocycles. The van der Waals surface area contributed by atoms with E-state index in [1.165, 1.54) is 5.57 Å². The van der Waals surface area contributed by atoms with Gasteiger partial charge in [-0.25, -0.2) is 0 Å². The van der Waals surface area contributed by atoms with Crippen molar-refractivity contribution in [2.24, 2.45) is 11.8 Å². The van der Waals surface area contributed by atoms with Gasteiger partial charge in [0.2, 0.25) is 0 Å². The van der Waals surface area contributed by atoms with Crippen molar-refractivity contribution in [3.8, 4) is 5.75 Å². The lowest BCUT2D eigenvalue weighted by Gasteiger charge is -2.29. The smallest absolute Gasteiger partial charge is 0.120 e. The van der Waals surface area contributed by atoms with E-state index in [1.807, 2.05) is 38.1 Å². The van der Waals surface area contributed by atoms with Gasteiger partial charge in [0, 0.05) is 0 Å². The number of ether oxygens (including phenoxy) is 1. The number of allylic oxidation sites excluding steroid dienone is 2. The summed E-state index contributed by atoms with van der Waals surface area (Å²) in [5.41, 5.74) is 2.36. The van der Waals surface area contributed by atoms with Gasteiger partial charge in [-0.1, -0.05) is 30.7 Å². The Balaban J connectivity index is 2.12. The van der Waals surface area contributed by atoms with E-state index in [9.17, 15) is 5.11 Å². The van der Waals surface area contributed by atoms with Crippen LogP contribution in [0.25, 0.3) is 0 Å². The normalized spacial score (nSPS) is 24.4. The fourth-order valence-corrected chi connectivity index (χ4v) is 3.15. The molecule has 2 heteroatoms. The lowest BCUT2D eigenvalue weighted by molar-refractivity contribution is 0.0928. The quantitative estimate of drug-likeness (QED) is 0.819. The monoisotopic (exact) mass is 274 g/mol. The molecule has 0 heterocycles. The van der Waals surface area contributed by atoms with E-state index in [1.54, 1.807) is 0 Å². The van der Waals surface area contributed by atoms with E-state index in [-0.39, 0.29) is 6.10 Å². The molecule has 0 spiro atoms. The molecule has 0 bridgehead atoms. The summed E-state index contributed by atoms with van der Waals surface area (Å²) in [6.07, 6.45) is 4.11. The van der Waals surface area contributed by atoms with Crippen LogP contribution in [-0.4, -0.2) is 11.2 Å². The van der Waals surface area contributed by atoms with Gasteiger partial charge in [0.05, 0.1) is 12.2 Å². The second kappa shape index (κ2) is 6.45. The van der Waals surface area contributed by atoms with Gasteiger partial charge in [-0.3, -0.25) is 0 Å². The van der Waals surface area contributed by atoms with Crippen LogP contribution in [0.3, 0.4) is 0 Å². The van der Waals surface area contributed by atoms with Crippen molar-refractivity contribution in [1.82, 2.24) is 0 Å². The minimum absolute atomic E-state index is 0.155. The van der Waals surface area contributed by atoms with Crippen molar-refractivity contribution in [3.63, 3.8) is 0 Å². The first-order valence-corrected chi connectivity index (χ1v) is 7.57. The summed E-state index contributed by atoms with van der Waals surface area (Å²) in [6, 6.07) is 7.88. The topological polar surface area (TPSA) is 29.5 Å². The van der Waals surface area contributed by atoms with E-state index in [0.717, 1.165) is 24.2 Å². The number of rotatable bonds is 4. The second-order valence-electron chi connectivity index (χ2n) is 6.37. The van der Waals surface area contributed by atoms with E-state index in [4.69, 9.17) is 4.74 Å². The molecule has 1 aromatic rings. The Morgan fingerprint density at radius 3 is 2.70 bits per heavy atom. The van der Waals surface area contributed by atoms with Crippen LogP contribution in [-0.2, 0) is 0 Å². The molecule has 1 aromatic carbocycles. The highest BCUT2D eigenvalue weighted by atomic mass is 16.5. The predicted octanol–water partition coefficient (Wildman–Crippen LogP) is 4.50. The standard InChI is InChI=1S/C18H26O2/c1-12(2)20-17-7-5-6-15(11-17)18(19)16-9-13(3)8-14(4)10-16/h5-8,11-13,16,18-19H,9-10H2,1-4H3. The third-order valence-electron chi connectivity index (χ3n) is 3.85. The number of aliphatic hydroxyl groups is 1. The largest absolute Gasteiger partial charge is 0.491 e. The lowest BCUT2D eigenvalue weighted by Crippen LogP contribution is -2.19. The SMILES string of the molecule is CC1=CC(C)CC(C(O)c2cccc(OC(C)C)c2)C1. The van der Waals surface area contributed by atoms with Crippen LogP contribution >= 0.6 is 0 Å². The Labute approximate surface area is 122 Å². The summed E-state index contributed by atoms with van der Waals surface area (Å²) in [4.78, 5) is 0. The van der Waals surface area contributed by atoms with Crippen LogP contribution in [0.4, 0.5) is 0 Å². The average Bonchev–Trinajstić information content (AvgIpc) is 2.36. The third kappa shape index (κ3) is 3.86. The number of hydrogen-bond donors (Lipinski definition) is 1. The Bertz CT molecular complexity index is 476. The van der Waals surface area contributed by atoms with Gasteiger partial charge in [-0.15, -0.1) is 0 Å². The molecule has 1 aliphatic rings. The van der Waals surface area contributed by atoms with Gasteiger partial charge in [0.1, 0.15) is 5.75 Å². The van der Waals surface area contributed by atoms with Crippen LogP contribution in [0.5, 0.6) is 5.75 Å². The van der Waals surface area contributed by atoms with E-state index in [0.29, 0.717) is 11.8 Å². The van der Waals surface area contributed by atoms with Crippen molar-refractivity contribution in [2.75, 3.05) is 0 Å². The minimum atomic E-state index is -0.406. The van der Waals surface area contributed by atoms with E-state index < -0.39 is 6.10 Å². The molecule has 1 aliphatic carbocycles. The highest BCUT2D eigenvalue weighted by Gasteiger charge is 2.26. The summed E-state index contributed by atoms with van der Waals surface area (Å²) in [5, 5.41) is 10.7. The molecule has 2 rings (SSSR count). The van der Waals surface area contributed by atoms with E-state index >= 15 is 0 Å². The number of hydrogen-bond acceptors (Lipinski definition) is 2. The van der Waals surface area contributed by atoms with Gasteiger partial charge in [0.25, 0.3) is 0 Å². The summed E-state index contributed by atoms with van der Waals surface area (Å²) in [5.74, 6) is 1.70. The average molecular weight is 274 g/mol. The maximum atomic E-state index is 10.7. The lowest BCUT2D eigenvalue weighted by atomic mass is 9.79. The molecule has 1 N–H and O–H groups in total. The van der Waals surface area contributed by atoms with Gasteiger partial charge in [0.15, 0.2) is 0 Å². The molecular weight excluding hydrogens is 248 g/mol. The summed E-state index contributed by atoms with van der Waals surface area (Å²) >= 11 is 0. The molecule has 20 heavy (non-hydrogen) atoms. The third-order valence-corrected chi connectivity index (χ3v) is 3.85. The molecule has 0 saturated heterocycles. The molecule has 0 fully saturated rings. The second-order valence-corrected chi connectivity index (χ2v) is 6.37. The van der Waals surface area contributed by atoms with Crippen molar-refractivity contribution in [2.45, 2.75) is 52.7 Å². The Kier molecular flexibility index (Phi) is 4.87. The van der Waals surface area contributed by atoms with Gasteiger partial charge in [-0.05, 0) is 63.1 Å². The predicted molar refractivity (Wildman–Crippen MR) is 82.8 cm³/mol. The Hall–Kier alpha value is -1.28. The van der Waals surface area contributed by atoms with E-state index in [2.05, 4.69) is 19.9 Å². The summed E-state index contributed by atoms with van der Waals surface area (Å²) in [6.45, 7) is 8.41. The first-order chi connectivity index (χ1) is 9.45. The molecule has 3 atom stereocenters. The van der Waals surface area contributed by atoms with Crippen LogP contribution in [0, 0.1) is 11.8 Å². The zero-order valence-corrected chi connectivity index (χ0v) is 13.0. The fraction of sp³-hybridized carbons (Fsp3) is 0.556. The van der Waals surface area contributed by atoms with Crippen LogP contribution in [0.1, 0.15) is 52.2 Å². The molecule has 2 nitrogen and oxygen atoms in total. The fourth-order valence-electron chi connectivity index (χ4n) is 3.15. The molecule has 0 saturated carbocycles. The maximum absolute atomic E-state index is 10.7. The first kappa shape index (κ1) is 15.1. The highest BCUT2D eigenvalue weighted by molar-refractivity contribution is 5.30. The summed E-state index contributed by atoms with van der Waals surface area (Å²) < 4.78 is 5.71. The molecule has 0 aliphatic heterocycles.